The average Bonchev–Trinajstić information content (AvgIpc) is 2.05. The molecule has 0 radical (unpaired) electrons. The van der Waals surface area contributed by atoms with Crippen LogP contribution in [0.3, 0.4) is 0 Å². The molecule has 0 nitrogen and oxygen atoms in total. The molecule has 1 unspecified atom stereocenters. The average molecular weight is 156 g/mol. The molecule has 0 aromatic heterocycles. The molecular formula is C11H24. The van der Waals surface area contributed by atoms with E-state index in [0.717, 1.165) is 11.8 Å². The lowest BCUT2D eigenvalue weighted by atomic mass is 9.83. The van der Waals surface area contributed by atoms with E-state index >= 15 is 0 Å². The maximum Gasteiger partial charge on any atom is -0.0389 e. The normalized spacial score (nSPS) is 13.9. The van der Waals surface area contributed by atoms with Crippen LogP contribution in [0.2, 0.25) is 0 Å². The fourth-order valence-electron chi connectivity index (χ4n) is 2.10. The topological polar surface area (TPSA) is 0 Å². The van der Waals surface area contributed by atoms with E-state index in [-0.39, 0.29) is 0 Å². The van der Waals surface area contributed by atoms with Crippen LogP contribution in [0.25, 0.3) is 0 Å². The molecule has 11 heavy (non-hydrogen) atoms. The quantitative estimate of drug-likeness (QED) is 0.539. The summed E-state index contributed by atoms with van der Waals surface area (Å²) < 4.78 is 0. The van der Waals surface area contributed by atoms with Crippen molar-refractivity contribution in [3.63, 3.8) is 0 Å². The van der Waals surface area contributed by atoms with Crippen LogP contribution in [0.1, 0.15) is 59.8 Å². The van der Waals surface area contributed by atoms with E-state index in [2.05, 4.69) is 27.7 Å². The molecule has 0 aliphatic heterocycles. The van der Waals surface area contributed by atoms with Gasteiger partial charge in [0.05, 0.1) is 0 Å². The van der Waals surface area contributed by atoms with Gasteiger partial charge in [-0.05, 0) is 11.8 Å². The van der Waals surface area contributed by atoms with Gasteiger partial charge in [0.2, 0.25) is 0 Å². The van der Waals surface area contributed by atoms with Gasteiger partial charge >= 0.3 is 0 Å². The van der Waals surface area contributed by atoms with Crippen molar-refractivity contribution < 1.29 is 0 Å². The lowest BCUT2D eigenvalue weighted by Gasteiger charge is -2.23. The van der Waals surface area contributed by atoms with Gasteiger partial charge in [-0.1, -0.05) is 59.8 Å². The van der Waals surface area contributed by atoms with E-state index < -0.39 is 0 Å². The van der Waals surface area contributed by atoms with Gasteiger partial charge in [-0.2, -0.15) is 0 Å². The van der Waals surface area contributed by atoms with Gasteiger partial charge in [0.25, 0.3) is 0 Å². The van der Waals surface area contributed by atoms with Gasteiger partial charge in [0, 0.05) is 0 Å². The summed E-state index contributed by atoms with van der Waals surface area (Å²) in [6, 6.07) is 0. The maximum absolute atomic E-state index is 2.33. The Hall–Kier alpha value is 0. The zero-order valence-corrected chi connectivity index (χ0v) is 8.69. The first-order chi connectivity index (χ1) is 5.29. The Morgan fingerprint density at radius 3 is 1.45 bits per heavy atom. The Bertz CT molecular complexity index is 72.1. The van der Waals surface area contributed by atoms with Gasteiger partial charge in [0.1, 0.15) is 0 Å². The minimum Gasteiger partial charge on any atom is -0.0654 e. The highest BCUT2D eigenvalue weighted by molar-refractivity contribution is 4.65. The second-order valence-electron chi connectivity index (χ2n) is 3.53. The van der Waals surface area contributed by atoms with Crippen LogP contribution in [0.5, 0.6) is 0 Å². The van der Waals surface area contributed by atoms with Crippen molar-refractivity contribution in [1.82, 2.24) is 0 Å². The number of hydrogen-bond acceptors (Lipinski definition) is 0. The molecule has 0 saturated heterocycles. The zero-order valence-electron chi connectivity index (χ0n) is 8.69. The molecule has 0 saturated carbocycles. The molecular weight excluding hydrogens is 132 g/mol. The molecule has 0 aromatic carbocycles. The second kappa shape index (κ2) is 6.69. The first-order valence-electron chi connectivity index (χ1n) is 5.29. The van der Waals surface area contributed by atoms with Crippen LogP contribution in [0.15, 0.2) is 0 Å². The van der Waals surface area contributed by atoms with Crippen molar-refractivity contribution in [3.05, 3.63) is 0 Å². The highest BCUT2D eigenvalue weighted by Gasteiger charge is 2.14. The van der Waals surface area contributed by atoms with Gasteiger partial charge in [-0.25, -0.2) is 0 Å². The van der Waals surface area contributed by atoms with E-state index in [9.17, 15) is 0 Å². The predicted octanol–water partition coefficient (Wildman–Crippen LogP) is 4.25. The summed E-state index contributed by atoms with van der Waals surface area (Å²) in [5.41, 5.74) is 0. The second-order valence-corrected chi connectivity index (χ2v) is 3.53. The van der Waals surface area contributed by atoms with Crippen LogP contribution in [-0.2, 0) is 0 Å². The fraction of sp³-hybridized carbons (Fsp3) is 1.00. The third kappa shape index (κ3) is 3.79. The summed E-state index contributed by atoms with van der Waals surface area (Å²) in [6.45, 7) is 9.28. The van der Waals surface area contributed by atoms with Crippen molar-refractivity contribution >= 4 is 0 Å². The molecule has 0 bridgehead atoms. The summed E-state index contributed by atoms with van der Waals surface area (Å²) >= 11 is 0. The standard InChI is InChI=1S/C11H24/c1-5-9-11(8-4)10(6-2)7-3/h10-11H,5-9H2,1-4H3. The fourth-order valence-corrected chi connectivity index (χ4v) is 2.10. The highest BCUT2D eigenvalue weighted by Crippen LogP contribution is 2.26. The largest absolute Gasteiger partial charge is 0.0654 e. The molecule has 1 atom stereocenters. The molecule has 0 spiro atoms. The Kier molecular flexibility index (Phi) is 6.69. The SMILES string of the molecule is CCCC(CC)C(CC)CC. The summed E-state index contributed by atoms with van der Waals surface area (Å²) in [5, 5.41) is 0. The van der Waals surface area contributed by atoms with Crippen molar-refractivity contribution in [2.24, 2.45) is 11.8 Å². The molecule has 0 aliphatic rings. The molecule has 0 aromatic rings. The Labute approximate surface area is 72.4 Å². The Morgan fingerprint density at radius 2 is 1.18 bits per heavy atom. The number of rotatable bonds is 6. The first-order valence-corrected chi connectivity index (χ1v) is 5.29. The monoisotopic (exact) mass is 156 g/mol. The molecule has 0 heterocycles. The molecule has 0 rings (SSSR count). The van der Waals surface area contributed by atoms with Crippen LogP contribution in [0, 0.1) is 11.8 Å². The third-order valence-corrected chi connectivity index (χ3v) is 2.90. The molecule has 0 amide bonds. The zero-order chi connectivity index (χ0) is 8.69. The summed E-state index contributed by atoms with van der Waals surface area (Å²) in [5.74, 6) is 1.98. The number of hydrogen-bond donors (Lipinski definition) is 0. The Morgan fingerprint density at radius 1 is 0.727 bits per heavy atom. The smallest absolute Gasteiger partial charge is 0.0389 e. The maximum atomic E-state index is 2.33. The molecule has 0 N–H and O–H groups in total. The highest BCUT2D eigenvalue weighted by atomic mass is 14.2. The van der Waals surface area contributed by atoms with E-state index in [4.69, 9.17) is 0 Å². The van der Waals surface area contributed by atoms with E-state index in [1.807, 2.05) is 0 Å². The molecule has 0 aliphatic carbocycles. The summed E-state index contributed by atoms with van der Waals surface area (Å²) in [6.07, 6.45) is 6.90. The van der Waals surface area contributed by atoms with Gasteiger partial charge in [-0.3, -0.25) is 0 Å². The van der Waals surface area contributed by atoms with Crippen LogP contribution in [0.4, 0.5) is 0 Å². The van der Waals surface area contributed by atoms with Crippen molar-refractivity contribution in [1.29, 1.82) is 0 Å². The molecule has 0 fully saturated rings. The minimum absolute atomic E-state index is 0.986. The molecule has 0 heteroatoms. The van der Waals surface area contributed by atoms with Gasteiger partial charge in [-0.15, -0.1) is 0 Å². The first kappa shape index (κ1) is 11.0. The van der Waals surface area contributed by atoms with Gasteiger partial charge in [0.15, 0.2) is 0 Å². The van der Waals surface area contributed by atoms with Crippen LogP contribution in [-0.4, -0.2) is 0 Å². The third-order valence-electron chi connectivity index (χ3n) is 2.90. The van der Waals surface area contributed by atoms with Crippen LogP contribution < -0.4 is 0 Å². The summed E-state index contributed by atoms with van der Waals surface area (Å²) in [7, 11) is 0. The van der Waals surface area contributed by atoms with E-state index in [0.29, 0.717) is 0 Å². The van der Waals surface area contributed by atoms with Crippen molar-refractivity contribution in [3.8, 4) is 0 Å². The van der Waals surface area contributed by atoms with Crippen LogP contribution >= 0.6 is 0 Å². The van der Waals surface area contributed by atoms with E-state index in [1.54, 1.807) is 0 Å². The minimum atomic E-state index is 0.986. The lowest BCUT2D eigenvalue weighted by Crippen LogP contribution is -2.12. The van der Waals surface area contributed by atoms with Gasteiger partial charge < -0.3 is 0 Å². The predicted molar refractivity (Wildman–Crippen MR) is 52.8 cm³/mol. The lowest BCUT2D eigenvalue weighted by molar-refractivity contribution is 0.284. The summed E-state index contributed by atoms with van der Waals surface area (Å²) in [4.78, 5) is 0. The Balaban J connectivity index is 3.76. The van der Waals surface area contributed by atoms with E-state index in [1.165, 1.54) is 32.1 Å². The molecule has 68 valence electrons. The van der Waals surface area contributed by atoms with Crippen molar-refractivity contribution in [2.75, 3.05) is 0 Å². The van der Waals surface area contributed by atoms with Crippen molar-refractivity contribution in [2.45, 2.75) is 59.8 Å².